The lowest BCUT2D eigenvalue weighted by Crippen LogP contribution is -2.70. The molecular weight excluding hydrogens is 366 g/mol. The van der Waals surface area contributed by atoms with Crippen molar-refractivity contribution in [3.63, 3.8) is 0 Å². The molecule has 0 amide bonds. The van der Waals surface area contributed by atoms with Gasteiger partial charge in [-0.1, -0.05) is 51.2 Å². The first-order chi connectivity index (χ1) is 12.8. The van der Waals surface area contributed by atoms with Crippen LogP contribution in [-0.2, 0) is 21.4 Å². The number of carboxylic acids is 1. The molecule has 2 rings (SSSR count). The Labute approximate surface area is 162 Å². The quantitative estimate of drug-likeness (QED) is 0.383. The highest BCUT2D eigenvalue weighted by Gasteiger charge is 2.42. The fraction of sp³-hybridized carbons (Fsp3) is 0.632. The van der Waals surface area contributed by atoms with Gasteiger partial charge in [0.2, 0.25) is 0 Å². The molecule has 0 unspecified atom stereocenters. The summed E-state index contributed by atoms with van der Waals surface area (Å²) in [6, 6.07) is 7.35. The minimum Gasteiger partial charge on any atom is -0.481 e. The second-order valence-corrected chi connectivity index (χ2v) is 8.79. The zero-order chi connectivity index (χ0) is 19.8. The normalized spacial score (nSPS) is 15.9. The number of nitrogens with one attached hydrogen (secondary N) is 3. The number of unbranched alkanes of at least 4 members (excludes halogenated alkanes) is 5. The lowest BCUT2D eigenvalue weighted by atomic mass is 9.90. The third-order valence-electron chi connectivity index (χ3n) is 4.79. The van der Waals surface area contributed by atoms with Crippen LogP contribution in [0.2, 0.25) is 0 Å². The van der Waals surface area contributed by atoms with Crippen LogP contribution in [0.15, 0.2) is 24.3 Å². The Morgan fingerprint density at radius 1 is 1.11 bits per heavy atom. The first-order valence-electron chi connectivity index (χ1n) is 9.67. The summed E-state index contributed by atoms with van der Waals surface area (Å²) >= 11 is 0. The van der Waals surface area contributed by atoms with Crippen LogP contribution < -0.4 is 14.8 Å². The maximum Gasteiger partial charge on any atom is 0.305 e. The number of anilines is 1. The lowest BCUT2D eigenvalue weighted by molar-refractivity contribution is -0.139. The number of hydrogen-bond acceptors (Lipinski definition) is 4. The van der Waals surface area contributed by atoms with Crippen LogP contribution >= 0.6 is 0 Å². The van der Waals surface area contributed by atoms with E-state index in [9.17, 15) is 13.2 Å². The van der Waals surface area contributed by atoms with E-state index in [1.165, 1.54) is 37.7 Å². The average molecular weight is 398 g/mol. The Hall–Kier alpha value is -1.64. The fourth-order valence-corrected chi connectivity index (χ4v) is 4.55. The SMILES string of the molecule is CCCCCCCCc1ccc(NS(=O)(=O)NC2(CC(=O)O)CNC2)cc1. The van der Waals surface area contributed by atoms with Crippen LogP contribution in [0.3, 0.4) is 0 Å². The Bertz CT molecular complexity index is 700. The van der Waals surface area contributed by atoms with Crippen LogP contribution in [0.4, 0.5) is 5.69 Å². The topological polar surface area (TPSA) is 108 Å². The van der Waals surface area contributed by atoms with Gasteiger partial charge in [-0.2, -0.15) is 13.1 Å². The van der Waals surface area contributed by atoms with Crippen molar-refractivity contribution < 1.29 is 18.3 Å². The van der Waals surface area contributed by atoms with E-state index in [2.05, 4.69) is 21.7 Å². The predicted octanol–water partition coefficient (Wildman–Crippen LogP) is 2.65. The summed E-state index contributed by atoms with van der Waals surface area (Å²) in [5, 5.41) is 11.9. The van der Waals surface area contributed by atoms with E-state index in [0.717, 1.165) is 12.8 Å². The van der Waals surface area contributed by atoms with Crippen molar-refractivity contribution in [2.24, 2.45) is 0 Å². The van der Waals surface area contributed by atoms with Gasteiger partial charge in [-0.25, -0.2) is 0 Å². The Morgan fingerprint density at radius 2 is 1.74 bits per heavy atom. The van der Waals surface area contributed by atoms with Crippen molar-refractivity contribution >= 4 is 21.9 Å². The molecule has 1 aromatic carbocycles. The van der Waals surface area contributed by atoms with Gasteiger partial charge in [0.25, 0.3) is 10.2 Å². The molecule has 1 saturated heterocycles. The molecule has 1 aromatic rings. The van der Waals surface area contributed by atoms with Gasteiger partial charge >= 0.3 is 5.97 Å². The third-order valence-corrected chi connectivity index (χ3v) is 6.00. The maximum absolute atomic E-state index is 12.3. The molecule has 0 bridgehead atoms. The van der Waals surface area contributed by atoms with Crippen LogP contribution in [0, 0.1) is 0 Å². The average Bonchev–Trinajstić information content (AvgIpc) is 2.56. The number of aliphatic carboxylic acids is 1. The van der Waals surface area contributed by atoms with Gasteiger partial charge in [0.15, 0.2) is 0 Å². The van der Waals surface area contributed by atoms with Crippen molar-refractivity contribution in [3.8, 4) is 0 Å². The van der Waals surface area contributed by atoms with E-state index >= 15 is 0 Å². The number of carbonyl (C=O) groups is 1. The first-order valence-corrected chi connectivity index (χ1v) is 11.2. The third kappa shape index (κ3) is 7.48. The minimum absolute atomic E-state index is 0.252. The Morgan fingerprint density at radius 3 is 2.30 bits per heavy atom. The fourth-order valence-electron chi connectivity index (χ4n) is 3.26. The summed E-state index contributed by atoms with van der Waals surface area (Å²) in [7, 11) is -3.84. The Kier molecular flexibility index (Phi) is 8.07. The van der Waals surface area contributed by atoms with Gasteiger partial charge in [-0.3, -0.25) is 9.52 Å². The molecule has 0 spiro atoms. The highest BCUT2D eigenvalue weighted by Crippen LogP contribution is 2.19. The number of benzene rings is 1. The molecule has 0 aliphatic carbocycles. The molecule has 7 nitrogen and oxygen atoms in total. The van der Waals surface area contributed by atoms with E-state index in [0.29, 0.717) is 18.8 Å². The molecular formula is C19H31N3O4S. The number of aryl methyl sites for hydroxylation is 1. The monoisotopic (exact) mass is 397 g/mol. The van der Waals surface area contributed by atoms with E-state index in [4.69, 9.17) is 5.11 Å². The van der Waals surface area contributed by atoms with Crippen LogP contribution in [0.25, 0.3) is 0 Å². The van der Waals surface area contributed by atoms with Crippen molar-refractivity contribution in [1.29, 1.82) is 0 Å². The second kappa shape index (κ2) is 10.1. The molecule has 0 saturated carbocycles. The first kappa shape index (κ1) is 21.7. The van der Waals surface area contributed by atoms with Crippen molar-refractivity contribution in [2.45, 2.75) is 63.8 Å². The highest BCUT2D eigenvalue weighted by molar-refractivity contribution is 7.90. The van der Waals surface area contributed by atoms with E-state index < -0.39 is 21.7 Å². The maximum atomic E-state index is 12.3. The Balaban J connectivity index is 1.81. The zero-order valence-electron chi connectivity index (χ0n) is 16.0. The summed E-state index contributed by atoms with van der Waals surface area (Å²) in [5.41, 5.74) is 0.689. The van der Waals surface area contributed by atoms with Crippen LogP contribution in [0.5, 0.6) is 0 Å². The molecule has 8 heteroatoms. The summed E-state index contributed by atoms with van der Waals surface area (Å²) in [6.07, 6.45) is 8.21. The molecule has 0 radical (unpaired) electrons. The largest absolute Gasteiger partial charge is 0.481 e. The molecule has 1 fully saturated rings. The molecule has 1 aliphatic rings. The molecule has 1 aliphatic heterocycles. The molecule has 1 heterocycles. The van der Waals surface area contributed by atoms with Gasteiger partial charge in [0.05, 0.1) is 12.0 Å². The van der Waals surface area contributed by atoms with Gasteiger partial charge < -0.3 is 10.4 Å². The highest BCUT2D eigenvalue weighted by atomic mass is 32.2. The van der Waals surface area contributed by atoms with Crippen LogP contribution in [-0.4, -0.2) is 38.1 Å². The van der Waals surface area contributed by atoms with Crippen molar-refractivity contribution in [3.05, 3.63) is 29.8 Å². The summed E-state index contributed by atoms with van der Waals surface area (Å²) < 4.78 is 29.6. The molecule has 4 N–H and O–H groups in total. The number of hydrogen-bond donors (Lipinski definition) is 4. The smallest absolute Gasteiger partial charge is 0.305 e. The van der Waals surface area contributed by atoms with E-state index in [-0.39, 0.29) is 6.42 Å². The van der Waals surface area contributed by atoms with E-state index in [1.54, 1.807) is 12.1 Å². The molecule has 0 aromatic heterocycles. The summed E-state index contributed by atoms with van der Waals surface area (Å²) in [5.74, 6) is -1.03. The van der Waals surface area contributed by atoms with Gasteiger partial charge in [0.1, 0.15) is 0 Å². The zero-order valence-corrected chi connectivity index (χ0v) is 16.8. The summed E-state index contributed by atoms with van der Waals surface area (Å²) in [4.78, 5) is 11.0. The second-order valence-electron chi connectivity index (χ2n) is 7.38. The standard InChI is InChI=1S/C19H31N3O4S/c1-2-3-4-5-6-7-8-16-9-11-17(12-10-16)21-27(25,26)22-19(13-18(23)24)14-20-15-19/h9-12,20-22H,2-8,13-15H2,1H3,(H,23,24). The van der Waals surface area contributed by atoms with Crippen molar-refractivity contribution in [1.82, 2.24) is 10.0 Å². The lowest BCUT2D eigenvalue weighted by Gasteiger charge is -2.41. The number of rotatable bonds is 13. The van der Waals surface area contributed by atoms with Crippen LogP contribution in [0.1, 0.15) is 57.4 Å². The van der Waals surface area contributed by atoms with Gasteiger partial charge in [0, 0.05) is 18.8 Å². The van der Waals surface area contributed by atoms with Gasteiger partial charge in [-0.05, 0) is 30.5 Å². The minimum atomic E-state index is -3.84. The summed E-state index contributed by atoms with van der Waals surface area (Å²) in [6.45, 7) is 2.81. The number of carboxylic acid groups (broad SMARTS) is 1. The molecule has 27 heavy (non-hydrogen) atoms. The predicted molar refractivity (Wildman–Crippen MR) is 107 cm³/mol. The molecule has 152 valence electrons. The van der Waals surface area contributed by atoms with Gasteiger partial charge in [-0.15, -0.1) is 0 Å². The van der Waals surface area contributed by atoms with E-state index in [1.807, 2.05) is 12.1 Å². The molecule has 0 atom stereocenters. The van der Waals surface area contributed by atoms with Crippen molar-refractivity contribution in [2.75, 3.05) is 17.8 Å².